The molecule has 134 valence electrons. The van der Waals surface area contributed by atoms with E-state index in [1.165, 1.54) is 0 Å². The van der Waals surface area contributed by atoms with Crippen LogP contribution >= 0.6 is 11.6 Å². The number of aryl methyl sites for hydroxylation is 2. The highest BCUT2D eigenvalue weighted by atomic mass is 35.5. The number of hydrogen-bond acceptors (Lipinski definition) is 5. The van der Waals surface area contributed by atoms with E-state index in [2.05, 4.69) is 20.6 Å². The molecule has 3 aromatic rings. The lowest BCUT2D eigenvalue weighted by atomic mass is 10.2. The largest absolute Gasteiger partial charge is 0.495 e. The molecule has 0 fully saturated rings. The Morgan fingerprint density at radius 1 is 1.00 bits per heavy atom. The Morgan fingerprint density at radius 3 is 2.50 bits per heavy atom. The minimum atomic E-state index is 0.521. The molecule has 2 N–H and O–H groups in total. The minimum Gasteiger partial charge on any atom is -0.495 e. The summed E-state index contributed by atoms with van der Waals surface area (Å²) >= 11 is 5.92. The maximum Gasteiger partial charge on any atom is 0.229 e. The van der Waals surface area contributed by atoms with Crippen molar-refractivity contribution in [3.05, 3.63) is 70.4 Å². The molecule has 6 heteroatoms. The fraction of sp³-hybridized carbons (Fsp3) is 0.200. The monoisotopic (exact) mass is 368 g/mol. The summed E-state index contributed by atoms with van der Waals surface area (Å²) in [5.74, 6) is 2.02. The van der Waals surface area contributed by atoms with E-state index in [-0.39, 0.29) is 0 Å². The molecule has 5 nitrogen and oxygen atoms in total. The van der Waals surface area contributed by atoms with Crippen molar-refractivity contribution < 1.29 is 4.74 Å². The van der Waals surface area contributed by atoms with Crippen LogP contribution in [0.5, 0.6) is 5.75 Å². The SMILES string of the molecule is COc1ccc(C)cc1Nc1nc(C)cc(NCc2ccc(Cl)cc2)n1. The predicted molar refractivity (Wildman–Crippen MR) is 107 cm³/mol. The zero-order valence-corrected chi connectivity index (χ0v) is 15.8. The number of ether oxygens (including phenoxy) is 1. The van der Waals surface area contributed by atoms with E-state index in [0.717, 1.165) is 39.1 Å². The number of rotatable bonds is 6. The third-order valence-corrected chi connectivity index (χ3v) is 4.09. The average molecular weight is 369 g/mol. The Kier molecular flexibility index (Phi) is 5.58. The summed E-state index contributed by atoms with van der Waals surface area (Å²) in [6, 6.07) is 15.6. The normalized spacial score (nSPS) is 10.5. The minimum absolute atomic E-state index is 0.521. The Labute approximate surface area is 158 Å². The lowest BCUT2D eigenvalue weighted by Crippen LogP contribution is -2.06. The number of nitrogens with zero attached hydrogens (tertiary/aromatic N) is 2. The maximum absolute atomic E-state index is 5.92. The van der Waals surface area contributed by atoms with Crippen LogP contribution in [0.15, 0.2) is 48.5 Å². The fourth-order valence-electron chi connectivity index (χ4n) is 2.55. The molecule has 3 rings (SSSR count). The van der Waals surface area contributed by atoms with Crippen LogP contribution in [0.25, 0.3) is 0 Å². The molecule has 0 unspecified atom stereocenters. The summed E-state index contributed by atoms with van der Waals surface area (Å²) in [5, 5.41) is 7.30. The third-order valence-electron chi connectivity index (χ3n) is 3.84. The molecule has 0 aliphatic heterocycles. The van der Waals surface area contributed by atoms with Gasteiger partial charge in [-0.15, -0.1) is 0 Å². The first-order valence-corrected chi connectivity index (χ1v) is 8.67. The lowest BCUT2D eigenvalue weighted by Gasteiger charge is -2.13. The molecule has 0 amide bonds. The van der Waals surface area contributed by atoms with Crippen molar-refractivity contribution in [2.24, 2.45) is 0 Å². The smallest absolute Gasteiger partial charge is 0.229 e. The van der Waals surface area contributed by atoms with Crippen LogP contribution in [-0.4, -0.2) is 17.1 Å². The highest BCUT2D eigenvalue weighted by molar-refractivity contribution is 6.30. The number of methoxy groups -OCH3 is 1. The summed E-state index contributed by atoms with van der Waals surface area (Å²) in [6.45, 7) is 4.62. The van der Waals surface area contributed by atoms with Crippen LogP contribution in [0.4, 0.5) is 17.5 Å². The second-order valence-electron chi connectivity index (χ2n) is 6.03. The maximum atomic E-state index is 5.92. The van der Waals surface area contributed by atoms with Crippen molar-refractivity contribution in [3.63, 3.8) is 0 Å². The molecule has 2 aromatic carbocycles. The van der Waals surface area contributed by atoms with Gasteiger partial charge in [-0.1, -0.05) is 29.8 Å². The van der Waals surface area contributed by atoms with Gasteiger partial charge in [-0.2, -0.15) is 4.98 Å². The number of aromatic nitrogens is 2. The van der Waals surface area contributed by atoms with E-state index >= 15 is 0 Å². The van der Waals surface area contributed by atoms with E-state index in [4.69, 9.17) is 16.3 Å². The second-order valence-corrected chi connectivity index (χ2v) is 6.46. The van der Waals surface area contributed by atoms with E-state index in [9.17, 15) is 0 Å². The van der Waals surface area contributed by atoms with E-state index in [0.29, 0.717) is 12.5 Å². The molecule has 0 saturated heterocycles. The van der Waals surface area contributed by atoms with Gasteiger partial charge in [0.2, 0.25) is 5.95 Å². The van der Waals surface area contributed by atoms with E-state index in [1.54, 1.807) is 7.11 Å². The standard InChI is InChI=1S/C20H21ClN4O/c1-13-4-9-18(26-3)17(10-13)24-20-23-14(2)11-19(25-20)22-12-15-5-7-16(21)8-6-15/h4-11H,12H2,1-3H3,(H2,22,23,24,25). The zero-order chi connectivity index (χ0) is 18.5. The van der Waals surface area contributed by atoms with Gasteiger partial charge in [0, 0.05) is 23.3 Å². The topological polar surface area (TPSA) is 59.1 Å². The van der Waals surface area contributed by atoms with Gasteiger partial charge in [0.1, 0.15) is 11.6 Å². The highest BCUT2D eigenvalue weighted by Crippen LogP contribution is 2.28. The first kappa shape index (κ1) is 18.0. The molecule has 0 aliphatic rings. The number of benzene rings is 2. The summed E-state index contributed by atoms with van der Waals surface area (Å²) in [4.78, 5) is 9.02. The van der Waals surface area contributed by atoms with Crippen molar-refractivity contribution in [3.8, 4) is 5.75 Å². The van der Waals surface area contributed by atoms with Gasteiger partial charge >= 0.3 is 0 Å². The van der Waals surface area contributed by atoms with Crippen LogP contribution in [0.2, 0.25) is 5.02 Å². The van der Waals surface area contributed by atoms with Crippen LogP contribution in [0, 0.1) is 13.8 Å². The molecule has 0 radical (unpaired) electrons. The molecule has 0 saturated carbocycles. The van der Waals surface area contributed by atoms with Crippen molar-refractivity contribution >= 4 is 29.1 Å². The summed E-state index contributed by atoms with van der Waals surface area (Å²) in [6.07, 6.45) is 0. The Bertz CT molecular complexity index is 897. The Morgan fingerprint density at radius 2 is 1.77 bits per heavy atom. The van der Waals surface area contributed by atoms with Gasteiger partial charge in [0.05, 0.1) is 12.8 Å². The lowest BCUT2D eigenvalue weighted by molar-refractivity contribution is 0.416. The van der Waals surface area contributed by atoms with Gasteiger partial charge in [-0.25, -0.2) is 4.98 Å². The quantitative estimate of drug-likeness (QED) is 0.633. The van der Waals surface area contributed by atoms with Crippen molar-refractivity contribution in [2.75, 3.05) is 17.7 Å². The van der Waals surface area contributed by atoms with Gasteiger partial charge in [0.15, 0.2) is 0 Å². The van der Waals surface area contributed by atoms with E-state index < -0.39 is 0 Å². The first-order chi connectivity index (χ1) is 12.5. The zero-order valence-electron chi connectivity index (χ0n) is 15.0. The van der Waals surface area contributed by atoms with Crippen molar-refractivity contribution in [1.82, 2.24) is 9.97 Å². The van der Waals surface area contributed by atoms with Gasteiger partial charge < -0.3 is 15.4 Å². The summed E-state index contributed by atoms with van der Waals surface area (Å²) in [7, 11) is 1.64. The molecule has 0 atom stereocenters. The number of anilines is 3. The molecule has 0 bridgehead atoms. The molecule has 1 aromatic heterocycles. The van der Waals surface area contributed by atoms with Crippen LogP contribution in [-0.2, 0) is 6.54 Å². The number of halogens is 1. The van der Waals surface area contributed by atoms with Gasteiger partial charge in [-0.3, -0.25) is 0 Å². The van der Waals surface area contributed by atoms with Crippen molar-refractivity contribution in [2.45, 2.75) is 20.4 Å². The average Bonchev–Trinajstić information content (AvgIpc) is 2.61. The van der Waals surface area contributed by atoms with Crippen molar-refractivity contribution in [1.29, 1.82) is 0 Å². The highest BCUT2D eigenvalue weighted by Gasteiger charge is 2.07. The second kappa shape index (κ2) is 8.06. The molecule has 0 spiro atoms. The predicted octanol–water partition coefficient (Wildman–Crippen LogP) is 5.11. The molecular formula is C20H21ClN4O. The summed E-state index contributed by atoms with van der Waals surface area (Å²) in [5.41, 5.74) is 3.96. The van der Waals surface area contributed by atoms with E-state index in [1.807, 2.05) is 62.4 Å². The molecule has 1 heterocycles. The molecular weight excluding hydrogens is 348 g/mol. The Balaban J connectivity index is 1.77. The number of nitrogens with one attached hydrogen (secondary N) is 2. The summed E-state index contributed by atoms with van der Waals surface area (Å²) < 4.78 is 5.40. The fourth-order valence-corrected chi connectivity index (χ4v) is 2.68. The Hall–Kier alpha value is -2.79. The van der Waals surface area contributed by atoms with Gasteiger partial charge in [-0.05, 0) is 49.2 Å². The van der Waals surface area contributed by atoms with Crippen LogP contribution < -0.4 is 15.4 Å². The third kappa shape index (κ3) is 4.64. The van der Waals surface area contributed by atoms with Crippen LogP contribution in [0.3, 0.4) is 0 Å². The molecule has 0 aliphatic carbocycles. The van der Waals surface area contributed by atoms with Crippen LogP contribution in [0.1, 0.15) is 16.8 Å². The number of hydrogen-bond donors (Lipinski definition) is 2. The first-order valence-electron chi connectivity index (χ1n) is 8.29. The van der Waals surface area contributed by atoms with Gasteiger partial charge in [0.25, 0.3) is 0 Å². The molecule has 26 heavy (non-hydrogen) atoms.